The fraction of sp³-hybridized carbons (Fsp3) is 0.647. The number of nitrogens with zero attached hydrogens (tertiary/aromatic N) is 1. The molecule has 2 heterocycles. The van der Waals surface area contributed by atoms with E-state index in [1.54, 1.807) is 0 Å². The van der Waals surface area contributed by atoms with Crippen LogP contribution in [0.25, 0.3) is 0 Å². The first-order valence-electron chi connectivity index (χ1n) is 8.16. The second kappa shape index (κ2) is 7.14. The van der Waals surface area contributed by atoms with Crippen molar-refractivity contribution in [1.29, 1.82) is 0 Å². The molecule has 1 aromatic rings. The van der Waals surface area contributed by atoms with Crippen LogP contribution in [0.1, 0.15) is 38.2 Å². The first-order chi connectivity index (χ1) is 10.3. The number of hydrogen-bond acceptors (Lipinski definition) is 4. The fourth-order valence-corrected chi connectivity index (χ4v) is 3.18. The zero-order valence-corrected chi connectivity index (χ0v) is 12.9. The molecule has 2 aliphatic rings. The number of ether oxygens (including phenoxy) is 2. The molecule has 1 atom stereocenters. The molecule has 116 valence electrons. The lowest BCUT2D eigenvalue weighted by molar-refractivity contribution is 0.159. The van der Waals surface area contributed by atoms with Crippen LogP contribution >= 0.6 is 0 Å². The summed E-state index contributed by atoms with van der Waals surface area (Å²) in [5, 5.41) is 3.52. The molecule has 0 aliphatic carbocycles. The van der Waals surface area contributed by atoms with Gasteiger partial charge in [-0.15, -0.1) is 0 Å². The van der Waals surface area contributed by atoms with Gasteiger partial charge in [-0.25, -0.2) is 0 Å². The molecule has 0 spiro atoms. The maximum Gasteiger partial charge on any atom is 0.231 e. The van der Waals surface area contributed by atoms with Gasteiger partial charge in [0.15, 0.2) is 11.5 Å². The van der Waals surface area contributed by atoms with E-state index in [9.17, 15) is 0 Å². The molecule has 0 bridgehead atoms. The minimum atomic E-state index is 0.347. The van der Waals surface area contributed by atoms with E-state index < -0.39 is 0 Å². The molecule has 1 N–H and O–H groups in total. The summed E-state index contributed by atoms with van der Waals surface area (Å²) in [6.07, 6.45) is 5.36. The molecule has 1 fully saturated rings. The summed E-state index contributed by atoms with van der Waals surface area (Å²) in [4.78, 5) is 2.63. The Bertz CT molecular complexity index is 464. The Labute approximate surface area is 127 Å². The van der Waals surface area contributed by atoms with Crippen LogP contribution in [0.5, 0.6) is 11.5 Å². The number of nitrogens with one attached hydrogen (secondary N) is 1. The molecule has 1 unspecified atom stereocenters. The van der Waals surface area contributed by atoms with E-state index in [-0.39, 0.29) is 0 Å². The number of hydrogen-bond donors (Lipinski definition) is 1. The first-order valence-corrected chi connectivity index (χ1v) is 8.16. The van der Waals surface area contributed by atoms with Crippen molar-refractivity contribution in [2.24, 2.45) is 0 Å². The summed E-state index contributed by atoms with van der Waals surface area (Å²) >= 11 is 0. The van der Waals surface area contributed by atoms with Crippen LogP contribution in [-0.2, 0) is 6.54 Å². The van der Waals surface area contributed by atoms with Crippen molar-refractivity contribution in [3.05, 3.63) is 23.8 Å². The Balaban J connectivity index is 1.35. The van der Waals surface area contributed by atoms with E-state index >= 15 is 0 Å². The summed E-state index contributed by atoms with van der Waals surface area (Å²) in [5.41, 5.74) is 1.26. The fourth-order valence-electron chi connectivity index (χ4n) is 3.18. The van der Waals surface area contributed by atoms with Crippen molar-refractivity contribution in [3.8, 4) is 11.5 Å². The van der Waals surface area contributed by atoms with E-state index in [4.69, 9.17) is 9.47 Å². The van der Waals surface area contributed by atoms with Gasteiger partial charge in [0.25, 0.3) is 0 Å². The Morgan fingerprint density at radius 2 is 2.14 bits per heavy atom. The summed E-state index contributed by atoms with van der Waals surface area (Å²) in [5.74, 6) is 1.73. The van der Waals surface area contributed by atoms with Gasteiger partial charge in [-0.2, -0.15) is 0 Å². The number of likely N-dealkylation sites (tertiary alicyclic amines) is 1. The summed E-state index contributed by atoms with van der Waals surface area (Å²) in [6.45, 7) is 7.17. The largest absolute Gasteiger partial charge is 0.454 e. The smallest absolute Gasteiger partial charge is 0.231 e. The second-order valence-electron chi connectivity index (χ2n) is 6.10. The van der Waals surface area contributed by atoms with Crippen molar-refractivity contribution in [1.82, 2.24) is 10.2 Å². The standard InChI is InChI=1S/C17H26N2O2/c1-14-5-2-3-9-19(14)10-4-8-18-12-15-6-7-16-17(11-15)21-13-20-16/h6-7,11,14,18H,2-5,8-10,12-13H2,1H3. The van der Waals surface area contributed by atoms with Gasteiger partial charge in [-0.05, 0) is 63.5 Å². The van der Waals surface area contributed by atoms with Crippen molar-refractivity contribution >= 4 is 0 Å². The molecule has 3 rings (SSSR count). The van der Waals surface area contributed by atoms with Crippen LogP contribution in [0.2, 0.25) is 0 Å². The van der Waals surface area contributed by atoms with E-state index in [1.807, 2.05) is 6.07 Å². The van der Waals surface area contributed by atoms with Crippen molar-refractivity contribution in [2.45, 2.75) is 45.2 Å². The molecule has 0 saturated carbocycles. The minimum absolute atomic E-state index is 0.347. The van der Waals surface area contributed by atoms with E-state index in [1.165, 1.54) is 44.3 Å². The molecule has 0 radical (unpaired) electrons. The zero-order chi connectivity index (χ0) is 14.5. The highest BCUT2D eigenvalue weighted by atomic mass is 16.7. The van der Waals surface area contributed by atoms with Gasteiger partial charge in [0.05, 0.1) is 0 Å². The molecule has 2 aliphatic heterocycles. The van der Waals surface area contributed by atoms with Crippen molar-refractivity contribution in [3.63, 3.8) is 0 Å². The topological polar surface area (TPSA) is 33.7 Å². The van der Waals surface area contributed by atoms with Gasteiger partial charge in [-0.3, -0.25) is 0 Å². The highest BCUT2D eigenvalue weighted by Crippen LogP contribution is 2.32. The third-order valence-electron chi connectivity index (χ3n) is 4.51. The van der Waals surface area contributed by atoms with Gasteiger partial charge < -0.3 is 19.7 Å². The molecule has 4 nitrogen and oxygen atoms in total. The second-order valence-corrected chi connectivity index (χ2v) is 6.10. The quantitative estimate of drug-likeness (QED) is 0.817. The molecule has 1 saturated heterocycles. The minimum Gasteiger partial charge on any atom is -0.454 e. The summed E-state index contributed by atoms with van der Waals surface area (Å²) in [7, 11) is 0. The monoisotopic (exact) mass is 290 g/mol. The predicted octanol–water partition coefficient (Wildman–Crippen LogP) is 2.77. The van der Waals surface area contributed by atoms with E-state index in [0.29, 0.717) is 6.79 Å². The number of fused-ring (bicyclic) bond motifs is 1. The van der Waals surface area contributed by atoms with Crippen LogP contribution in [0, 0.1) is 0 Å². The first kappa shape index (κ1) is 14.7. The molecule has 0 amide bonds. The molecule has 1 aromatic carbocycles. The average molecular weight is 290 g/mol. The van der Waals surface area contributed by atoms with Crippen molar-refractivity contribution < 1.29 is 9.47 Å². The molecule has 21 heavy (non-hydrogen) atoms. The Hall–Kier alpha value is -1.26. The van der Waals surface area contributed by atoms with Crippen LogP contribution in [0.4, 0.5) is 0 Å². The molecular weight excluding hydrogens is 264 g/mol. The maximum absolute atomic E-state index is 5.40. The molecule has 0 aromatic heterocycles. The van der Waals surface area contributed by atoms with Gasteiger partial charge in [0.2, 0.25) is 6.79 Å². The van der Waals surface area contributed by atoms with Gasteiger partial charge in [0, 0.05) is 12.6 Å². The number of benzene rings is 1. The van der Waals surface area contributed by atoms with E-state index in [2.05, 4.69) is 29.3 Å². The lowest BCUT2D eigenvalue weighted by atomic mass is 10.0. The zero-order valence-electron chi connectivity index (χ0n) is 12.9. The normalized spacial score (nSPS) is 21.7. The third kappa shape index (κ3) is 3.89. The third-order valence-corrected chi connectivity index (χ3v) is 4.51. The lowest BCUT2D eigenvalue weighted by Gasteiger charge is -2.33. The maximum atomic E-state index is 5.40. The average Bonchev–Trinajstić information content (AvgIpc) is 2.96. The Morgan fingerprint density at radius 3 is 3.05 bits per heavy atom. The van der Waals surface area contributed by atoms with Crippen LogP contribution < -0.4 is 14.8 Å². The predicted molar refractivity (Wildman–Crippen MR) is 83.8 cm³/mol. The van der Waals surface area contributed by atoms with Crippen LogP contribution in [0.3, 0.4) is 0 Å². The van der Waals surface area contributed by atoms with Crippen molar-refractivity contribution in [2.75, 3.05) is 26.4 Å². The Kier molecular flexibility index (Phi) is 4.99. The summed E-state index contributed by atoms with van der Waals surface area (Å²) < 4.78 is 10.7. The summed E-state index contributed by atoms with van der Waals surface area (Å²) in [6, 6.07) is 6.94. The molecular formula is C17H26N2O2. The van der Waals surface area contributed by atoms with E-state index in [0.717, 1.165) is 30.6 Å². The van der Waals surface area contributed by atoms with Gasteiger partial charge >= 0.3 is 0 Å². The van der Waals surface area contributed by atoms with Gasteiger partial charge in [-0.1, -0.05) is 12.5 Å². The SMILES string of the molecule is CC1CCCCN1CCCNCc1ccc2c(c1)OCO2. The highest BCUT2D eigenvalue weighted by molar-refractivity contribution is 5.44. The number of rotatable bonds is 6. The Morgan fingerprint density at radius 1 is 1.24 bits per heavy atom. The van der Waals surface area contributed by atoms with Crippen LogP contribution in [-0.4, -0.2) is 37.4 Å². The lowest BCUT2D eigenvalue weighted by Crippen LogP contribution is -2.38. The van der Waals surface area contributed by atoms with Crippen LogP contribution in [0.15, 0.2) is 18.2 Å². The number of piperidine rings is 1. The highest BCUT2D eigenvalue weighted by Gasteiger charge is 2.17. The molecule has 4 heteroatoms. The van der Waals surface area contributed by atoms with Gasteiger partial charge in [0.1, 0.15) is 0 Å².